The Morgan fingerprint density at radius 3 is 2.48 bits per heavy atom. The van der Waals surface area contributed by atoms with Gasteiger partial charge in [0.2, 0.25) is 5.91 Å². The highest BCUT2D eigenvalue weighted by atomic mass is 16.5. The van der Waals surface area contributed by atoms with Crippen LogP contribution in [0.5, 0.6) is 5.75 Å². The van der Waals surface area contributed by atoms with Crippen molar-refractivity contribution in [2.24, 2.45) is 0 Å². The number of amides is 1. The van der Waals surface area contributed by atoms with Gasteiger partial charge < -0.3 is 25.4 Å². The van der Waals surface area contributed by atoms with Crippen LogP contribution >= 0.6 is 0 Å². The number of rotatable bonds is 13. The number of carbonyl (C=O) groups is 2. The largest absolute Gasteiger partial charge is 0.491 e. The van der Waals surface area contributed by atoms with Gasteiger partial charge in [0, 0.05) is 17.9 Å². The first-order valence-corrected chi connectivity index (χ1v) is 15.0. The van der Waals surface area contributed by atoms with E-state index in [0.717, 1.165) is 60.6 Å². The molecule has 42 heavy (non-hydrogen) atoms. The molecule has 1 aliphatic rings. The third-order valence-corrected chi connectivity index (χ3v) is 7.94. The Balaban J connectivity index is 1.37. The Bertz CT molecular complexity index is 1400. The van der Waals surface area contributed by atoms with E-state index in [-0.39, 0.29) is 17.5 Å². The number of nitrogens with zero attached hydrogens (tertiary/aromatic N) is 1. The lowest BCUT2D eigenvalue weighted by Crippen LogP contribution is -2.39. The number of aromatic carboxylic acids is 1. The molecule has 1 saturated heterocycles. The minimum absolute atomic E-state index is 0.00445. The van der Waals surface area contributed by atoms with Gasteiger partial charge in [-0.2, -0.15) is 0 Å². The number of hydrogen-bond donors (Lipinski definition) is 3. The summed E-state index contributed by atoms with van der Waals surface area (Å²) in [7, 11) is 0. The lowest BCUT2D eigenvalue weighted by Gasteiger charge is -2.25. The first-order chi connectivity index (χ1) is 20.3. The van der Waals surface area contributed by atoms with Crippen LogP contribution in [-0.2, 0) is 11.2 Å². The number of hydrogen-bond acceptors (Lipinski definition) is 5. The number of benzene rings is 3. The summed E-state index contributed by atoms with van der Waals surface area (Å²) in [6.07, 6.45) is 6.29. The van der Waals surface area contributed by atoms with Crippen molar-refractivity contribution < 1.29 is 19.4 Å². The van der Waals surface area contributed by atoms with Crippen LogP contribution in [0, 0.1) is 6.92 Å². The Labute approximate surface area is 249 Å². The zero-order valence-corrected chi connectivity index (χ0v) is 25.2. The lowest BCUT2D eigenvalue weighted by atomic mass is 9.97. The van der Waals surface area contributed by atoms with Gasteiger partial charge >= 0.3 is 5.97 Å². The molecule has 222 valence electrons. The van der Waals surface area contributed by atoms with Crippen LogP contribution in [0.15, 0.2) is 78.6 Å². The van der Waals surface area contributed by atoms with E-state index in [9.17, 15) is 9.59 Å². The summed E-state index contributed by atoms with van der Waals surface area (Å²) in [5, 5.41) is 16.3. The van der Waals surface area contributed by atoms with E-state index in [1.165, 1.54) is 17.7 Å². The Hall–Kier alpha value is -4.26. The van der Waals surface area contributed by atoms with Crippen molar-refractivity contribution in [2.45, 2.75) is 71.8 Å². The molecule has 1 aliphatic heterocycles. The quantitative estimate of drug-likeness (QED) is 0.196. The number of carbonyl (C=O) groups excluding carboxylic acids is 1. The summed E-state index contributed by atoms with van der Waals surface area (Å²) in [6.45, 7) is 9.75. The van der Waals surface area contributed by atoms with Crippen molar-refractivity contribution in [1.29, 1.82) is 0 Å². The normalized spacial score (nSPS) is 15.8. The molecule has 2 unspecified atom stereocenters. The maximum Gasteiger partial charge on any atom is 0.335 e. The van der Waals surface area contributed by atoms with Gasteiger partial charge in [-0.25, -0.2) is 4.79 Å². The minimum Gasteiger partial charge on any atom is -0.491 e. The zero-order valence-electron chi connectivity index (χ0n) is 25.2. The number of nitrogens with one attached hydrogen (secondary N) is 2. The first kappa shape index (κ1) is 30.7. The van der Waals surface area contributed by atoms with Crippen LogP contribution < -0.4 is 15.4 Å². The fraction of sp³-hybridized carbons (Fsp3) is 0.371. The van der Waals surface area contributed by atoms with Crippen molar-refractivity contribution in [3.8, 4) is 5.75 Å². The summed E-state index contributed by atoms with van der Waals surface area (Å²) in [5.41, 5.74) is 5.69. The van der Waals surface area contributed by atoms with Crippen LogP contribution in [-0.4, -0.2) is 41.1 Å². The molecule has 3 N–H and O–H groups in total. The van der Waals surface area contributed by atoms with E-state index in [1.807, 2.05) is 11.0 Å². The number of para-hydroxylation sites is 1. The summed E-state index contributed by atoms with van der Waals surface area (Å²) in [6, 6.07) is 21.0. The topological polar surface area (TPSA) is 90.9 Å². The fourth-order valence-corrected chi connectivity index (χ4v) is 5.36. The number of allylic oxidation sites excluding steroid dienone is 1. The molecule has 1 amide bonds. The third-order valence-electron chi connectivity index (χ3n) is 7.94. The smallest absolute Gasteiger partial charge is 0.335 e. The van der Waals surface area contributed by atoms with Gasteiger partial charge in [0.1, 0.15) is 18.2 Å². The van der Waals surface area contributed by atoms with Crippen LogP contribution in [0.4, 0.5) is 11.4 Å². The molecule has 3 aromatic carbocycles. The molecule has 0 spiro atoms. The van der Waals surface area contributed by atoms with Crippen molar-refractivity contribution in [2.75, 3.05) is 23.8 Å². The molecule has 0 bridgehead atoms. The van der Waals surface area contributed by atoms with Gasteiger partial charge in [0.25, 0.3) is 0 Å². The Kier molecular flexibility index (Phi) is 10.7. The van der Waals surface area contributed by atoms with Crippen LogP contribution in [0.25, 0.3) is 0 Å². The Morgan fingerprint density at radius 1 is 1.05 bits per heavy atom. The molecule has 0 radical (unpaired) electrons. The van der Waals surface area contributed by atoms with Crippen LogP contribution in [0.3, 0.4) is 0 Å². The van der Waals surface area contributed by atoms with E-state index in [0.29, 0.717) is 24.7 Å². The molecule has 0 saturated carbocycles. The average Bonchev–Trinajstić information content (AvgIpc) is 3.46. The number of ether oxygens (including phenoxy) is 1. The number of anilines is 2. The molecular formula is C35H43N3O4. The van der Waals surface area contributed by atoms with Crippen LogP contribution in [0.2, 0.25) is 0 Å². The van der Waals surface area contributed by atoms with E-state index in [4.69, 9.17) is 9.84 Å². The monoisotopic (exact) mass is 569 g/mol. The van der Waals surface area contributed by atoms with Gasteiger partial charge in [-0.1, -0.05) is 51.1 Å². The molecule has 0 aliphatic carbocycles. The van der Waals surface area contributed by atoms with E-state index < -0.39 is 5.97 Å². The van der Waals surface area contributed by atoms with Crippen molar-refractivity contribution in [1.82, 2.24) is 4.90 Å². The first-order valence-electron chi connectivity index (χ1n) is 15.0. The molecule has 2 atom stereocenters. The number of carboxylic acids is 1. The van der Waals surface area contributed by atoms with Gasteiger partial charge in [0.05, 0.1) is 18.0 Å². The summed E-state index contributed by atoms with van der Waals surface area (Å²) < 4.78 is 5.91. The summed E-state index contributed by atoms with van der Waals surface area (Å²) >= 11 is 0. The van der Waals surface area contributed by atoms with E-state index in [1.54, 1.807) is 12.1 Å². The second-order valence-electron chi connectivity index (χ2n) is 11.0. The molecule has 7 nitrogen and oxygen atoms in total. The number of carboxylic acid groups (broad SMARTS) is 1. The summed E-state index contributed by atoms with van der Waals surface area (Å²) in [5.74, 6) is 1.13. The summed E-state index contributed by atoms with van der Waals surface area (Å²) in [4.78, 5) is 26.3. The number of likely N-dealkylation sites (tertiary alicyclic amines) is 1. The van der Waals surface area contributed by atoms with Crippen molar-refractivity contribution in [3.63, 3.8) is 0 Å². The SMILES string of the molecule is CC/C=C(/Nc1ccc(CC(=O)N2CCCC2COc2ccc(C(=O)O)cc2)cc1C)Nc1ccccc1C(C)CC. The predicted molar refractivity (Wildman–Crippen MR) is 169 cm³/mol. The molecule has 3 aromatic rings. The minimum atomic E-state index is -0.967. The van der Waals surface area contributed by atoms with Gasteiger partial charge in [-0.05, 0) is 97.7 Å². The maximum atomic E-state index is 13.3. The second-order valence-corrected chi connectivity index (χ2v) is 11.0. The molecule has 4 rings (SSSR count). The highest BCUT2D eigenvalue weighted by Gasteiger charge is 2.29. The van der Waals surface area contributed by atoms with E-state index >= 15 is 0 Å². The zero-order chi connectivity index (χ0) is 30.1. The maximum absolute atomic E-state index is 13.3. The predicted octanol–water partition coefficient (Wildman–Crippen LogP) is 7.59. The van der Waals surface area contributed by atoms with Gasteiger partial charge in [-0.3, -0.25) is 4.79 Å². The van der Waals surface area contributed by atoms with Crippen LogP contribution in [0.1, 0.15) is 79.4 Å². The standard InChI is InChI=1S/C35H43N3O4/c1-5-10-33(37-32-13-8-7-12-30(32)24(3)6-2)36-31-19-14-26(21-25(31)4)22-34(39)38-20-9-11-28(38)23-42-29-17-15-27(16-18-29)35(40)41/h7-8,10,12-19,21,24,28,36-37H,5-6,9,11,20,22-23H2,1-4H3,(H,40,41)/b33-10-. The lowest BCUT2D eigenvalue weighted by molar-refractivity contribution is -0.131. The van der Waals surface area contributed by atoms with Crippen molar-refractivity contribution in [3.05, 3.63) is 101 Å². The number of aryl methyl sites for hydroxylation is 1. The molecular weight excluding hydrogens is 526 g/mol. The molecule has 1 fully saturated rings. The third kappa shape index (κ3) is 7.93. The molecule has 7 heteroatoms. The van der Waals surface area contributed by atoms with E-state index in [2.05, 4.69) is 80.8 Å². The highest BCUT2D eigenvalue weighted by Crippen LogP contribution is 2.29. The second kappa shape index (κ2) is 14.6. The average molecular weight is 570 g/mol. The van der Waals surface area contributed by atoms with Gasteiger partial charge in [0.15, 0.2) is 0 Å². The molecule has 1 heterocycles. The molecule has 0 aromatic heterocycles. The highest BCUT2D eigenvalue weighted by molar-refractivity contribution is 5.87. The Morgan fingerprint density at radius 2 is 1.79 bits per heavy atom. The van der Waals surface area contributed by atoms with Crippen molar-refractivity contribution >= 4 is 23.3 Å². The fourth-order valence-electron chi connectivity index (χ4n) is 5.36. The van der Waals surface area contributed by atoms with Gasteiger partial charge in [-0.15, -0.1) is 0 Å².